The lowest BCUT2D eigenvalue weighted by atomic mass is 9.99. The fourth-order valence-corrected chi connectivity index (χ4v) is 2.66. The Balaban J connectivity index is 0.00000400. The molecule has 122 valence electrons. The van der Waals surface area contributed by atoms with E-state index in [-0.39, 0.29) is 18.4 Å². The van der Waals surface area contributed by atoms with Crippen molar-refractivity contribution in [2.24, 2.45) is 5.73 Å². The molecule has 2 heteroatoms. The third-order valence-electron chi connectivity index (χ3n) is 4.12. The lowest BCUT2D eigenvalue weighted by molar-refractivity contribution is -0.00000451. The predicted molar refractivity (Wildman–Crippen MR) is 90.0 cm³/mol. The van der Waals surface area contributed by atoms with Crippen LogP contribution in [0.3, 0.4) is 0 Å². The summed E-state index contributed by atoms with van der Waals surface area (Å²) in [4.78, 5) is 0. The molecule has 1 atom stereocenters. The SMILES string of the molecule is CCCCCCCCCCCC(N)c1ccc(C)cc1.[Cl-]. The summed E-state index contributed by atoms with van der Waals surface area (Å²) in [6.07, 6.45) is 13.5. The van der Waals surface area contributed by atoms with Crippen molar-refractivity contribution in [2.45, 2.75) is 84.1 Å². The molecule has 0 radical (unpaired) electrons. The second-order valence-electron chi connectivity index (χ2n) is 6.13. The highest BCUT2D eigenvalue weighted by Crippen LogP contribution is 2.18. The number of rotatable bonds is 11. The molecule has 0 aliphatic heterocycles. The van der Waals surface area contributed by atoms with Gasteiger partial charge >= 0.3 is 0 Å². The van der Waals surface area contributed by atoms with Crippen molar-refractivity contribution in [2.75, 3.05) is 0 Å². The van der Waals surface area contributed by atoms with Crippen LogP contribution in [0.15, 0.2) is 24.3 Å². The summed E-state index contributed by atoms with van der Waals surface area (Å²) in [5, 5.41) is 0. The summed E-state index contributed by atoms with van der Waals surface area (Å²) in [7, 11) is 0. The lowest BCUT2D eigenvalue weighted by Gasteiger charge is -2.12. The Bertz CT molecular complexity index is 334. The van der Waals surface area contributed by atoms with Crippen molar-refractivity contribution in [1.29, 1.82) is 0 Å². The van der Waals surface area contributed by atoms with Crippen LogP contribution in [0.25, 0.3) is 0 Å². The van der Waals surface area contributed by atoms with Crippen LogP contribution < -0.4 is 18.1 Å². The summed E-state index contributed by atoms with van der Waals surface area (Å²) in [6.45, 7) is 4.40. The van der Waals surface area contributed by atoms with E-state index in [4.69, 9.17) is 5.73 Å². The molecule has 0 amide bonds. The molecule has 0 aliphatic carbocycles. The van der Waals surface area contributed by atoms with Gasteiger partial charge in [-0.25, -0.2) is 0 Å². The highest BCUT2D eigenvalue weighted by atomic mass is 35.5. The van der Waals surface area contributed by atoms with Gasteiger partial charge < -0.3 is 18.1 Å². The fraction of sp³-hybridized carbons (Fsp3) is 0.684. The third-order valence-corrected chi connectivity index (χ3v) is 4.12. The highest BCUT2D eigenvalue weighted by Gasteiger charge is 2.04. The monoisotopic (exact) mass is 310 g/mol. The van der Waals surface area contributed by atoms with Crippen LogP contribution >= 0.6 is 0 Å². The maximum Gasteiger partial charge on any atom is 0.0294 e. The molecule has 0 heterocycles. The first-order chi connectivity index (χ1) is 9.74. The molecule has 0 aromatic heterocycles. The number of hydrogen-bond acceptors (Lipinski definition) is 1. The van der Waals surface area contributed by atoms with Gasteiger partial charge in [0.2, 0.25) is 0 Å². The minimum atomic E-state index is 0. The van der Waals surface area contributed by atoms with E-state index in [0.717, 1.165) is 6.42 Å². The molecule has 0 saturated carbocycles. The Hall–Kier alpha value is -0.530. The lowest BCUT2D eigenvalue weighted by Crippen LogP contribution is -3.00. The highest BCUT2D eigenvalue weighted by molar-refractivity contribution is 5.23. The summed E-state index contributed by atoms with van der Waals surface area (Å²) in [5.41, 5.74) is 8.84. The molecule has 0 fully saturated rings. The Morgan fingerprint density at radius 3 is 1.81 bits per heavy atom. The first-order valence-electron chi connectivity index (χ1n) is 8.56. The zero-order chi connectivity index (χ0) is 14.6. The van der Waals surface area contributed by atoms with E-state index in [9.17, 15) is 0 Å². The Kier molecular flexibility index (Phi) is 12.8. The third kappa shape index (κ3) is 9.92. The van der Waals surface area contributed by atoms with Crippen LogP contribution in [-0.2, 0) is 0 Å². The van der Waals surface area contributed by atoms with Gasteiger partial charge in [0.25, 0.3) is 0 Å². The van der Waals surface area contributed by atoms with Gasteiger partial charge in [0.05, 0.1) is 0 Å². The molecule has 0 spiro atoms. The molecular formula is C19H33ClN-. The molecule has 1 nitrogen and oxygen atoms in total. The molecule has 1 aromatic rings. The van der Waals surface area contributed by atoms with Gasteiger partial charge in [-0.05, 0) is 18.9 Å². The predicted octanol–water partition coefficient (Wildman–Crippen LogP) is 2.92. The van der Waals surface area contributed by atoms with E-state index in [1.165, 1.54) is 68.9 Å². The van der Waals surface area contributed by atoms with Crippen LogP contribution in [0, 0.1) is 6.92 Å². The molecule has 1 aromatic carbocycles. The van der Waals surface area contributed by atoms with E-state index in [1.54, 1.807) is 0 Å². The number of benzene rings is 1. The van der Waals surface area contributed by atoms with Crippen molar-refractivity contribution in [3.05, 3.63) is 35.4 Å². The first kappa shape index (κ1) is 20.5. The fourth-order valence-electron chi connectivity index (χ4n) is 2.66. The van der Waals surface area contributed by atoms with E-state index in [2.05, 4.69) is 38.1 Å². The number of hydrogen-bond donors (Lipinski definition) is 1. The average Bonchev–Trinajstić information content (AvgIpc) is 2.46. The van der Waals surface area contributed by atoms with Crippen LogP contribution in [0.2, 0.25) is 0 Å². The molecule has 21 heavy (non-hydrogen) atoms. The van der Waals surface area contributed by atoms with Crippen LogP contribution in [-0.4, -0.2) is 0 Å². The van der Waals surface area contributed by atoms with Crippen molar-refractivity contribution in [3.8, 4) is 0 Å². The quantitative estimate of drug-likeness (QED) is 0.625. The number of aryl methyl sites for hydroxylation is 1. The summed E-state index contributed by atoms with van der Waals surface area (Å²) in [5.74, 6) is 0. The van der Waals surface area contributed by atoms with E-state index in [1.807, 2.05) is 0 Å². The number of halogens is 1. The minimum Gasteiger partial charge on any atom is -1.00 e. The molecular weight excluding hydrogens is 278 g/mol. The van der Waals surface area contributed by atoms with E-state index >= 15 is 0 Å². The van der Waals surface area contributed by atoms with Gasteiger partial charge in [-0.2, -0.15) is 0 Å². The summed E-state index contributed by atoms with van der Waals surface area (Å²) < 4.78 is 0. The number of unbranched alkanes of at least 4 members (excludes halogenated alkanes) is 8. The van der Waals surface area contributed by atoms with E-state index < -0.39 is 0 Å². The van der Waals surface area contributed by atoms with Gasteiger partial charge in [0.15, 0.2) is 0 Å². The maximum absolute atomic E-state index is 6.24. The molecule has 1 unspecified atom stereocenters. The molecule has 0 aliphatic rings. The topological polar surface area (TPSA) is 26.0 Å². The van der Waals surface area contributed by atoms with Crippen molar-refractivity contribution < 1.29 is 12.4 Å². The number of nitrogens with two attached hydrogens (primary N) is 1. The van der Waals surface area contributed by atoms with Crippen LogP contribution in [0.4, 0.5) is 0 Å². The van der Waals surface area contributed by atoms with Crippen molar-refractivity contribution in [3.63, 3.8) is 0 Å². The zero-order valence-electron chi connectivity index (χ0n) is 13.9. The largest absolute Gasteiger partial charge is 1.00 e. The van der Waals surface area contributed by atoms with Gasteiger partial charge in [-0.15, -0.1) is 0 Å². The van der Waals surface area contributed by atoms with Crippen molar-refractivity contribution >= 4 is 0 Å². The normalized spacial score (nSPS) is 12.0. The van der Waals surface area contributed by atoms with Gasteiger partial charge in [-0.3, -0.25) is 0 Å². The Morgan fingerprint density at radius 2 is 1.29 bits per heavy atom. The Labute approximate surface area is 138 Å². The first-order valence-corrected chi connectivity index (χ1v) is 8.56. The standard InChI is InChI=1S/C19H33N.ClH/c1-3-4-5-6-7-8-9-10-11-12-19(20)18-15-13-17(2)14-16-18;/h13-16,19H,3-12,20H2,1-2H3;1H/p-1. The van der Waals surface area contributed by atoms with Gasteiger partial charge in [0, 0.05) is 6.04 Å². The smallest absolute Gasteiger partial charge is 0.0294 e. The zero-order valence-corrected chi connectivity index (χ0v) is 14.7. The van der Waals surface area contributed by atoms with Crippen LogP contribution in [0.1, 0.15) is 88.3 Å². The molecule has 0 bridgehead atoms. The average molecular weight is 311 g/mol. The van der Waals surface area contributed by atoms with Crippen LogP contribution in [0.5, 0.6) is 0 Å². The second kappa shape index (κ2) is 13.2. The summed E-state index contributed by atoms with van der Waals surface area (Å²) in [6, 6.07) is 8.89. The maximum atomic E-state index is 6.24. The molecule has 2 N–H and O–H groups in total. The minimum absolute atomic E-state index is 0. The Morgan fingerprint density at radius 1 is 0.810 bits per heavy atom. The van der Waals surface area contributed by atoms with Crippen molar-refractivity contribution in [1.82, 2.24) is 0 Å². The van der Waals surface area contributed by atoms with E-state index in [0.29, 0.717) is 0 Å². The van der Waals surface area contributed by atoms with Gasteiger partial charge in [-0.1, -0.05) is 94.5 Å². The summed E-state index contributed by atoms with van der Waals surface area (Å²) >= 11 is 0. The molecule has 0 saturated heterocycles. The molecule has 1 rings (SSSR count). The second-order valence-corrected chi connectivity index (χ2v) is 6.13. The van der Waals surface area contributed by atoms with Gasteiger partial charge in [0.1, 0.15) is 0 Å².